The zero-order valence-corrected chi connectivity index (χ0v) is 15.8. The first-order valence-corrected chi connectivity index (χ1v) is 9.13. The Hall–Kier alpha value is -2.34. The van der Waals surface area contributed by atoms with Crippen molar-refractivity contribution in [2.24, 2.45) is 0 Å². The molecule has 1 aromatic heterocycles. The molecule has 2 aromatic rings. The number of benzene rings is 1. The van der Waals surface area contributed by atoms with Crippen LogP contribution in [0.3, 0.4) is 0 Å². The second kappa shape index (κ2) is 8.36. The van der Waals surface area contributed by atoms with Gasteiger partial charge in [-0.05, 0) is 31.5 Å². The van der Waals surface area contributed by atoms with E-state index in [2.05, 4.69) is 15.3 Å². The molecule has 6 nitrogen and oxygen atoms in total. The number of aromatic nitrogens is 2. The minimum Gasteiger partial charge on any atom is -0.474 e. The third-order valence-electron chi connectivity index (χ3n) is 4.32. The van der Waals surface area contributed by atoms with Crippen LogP contribution in [0.4, 0.5) is 4.79 Å². The topological polar surface area (TPSA) is 67.3 Å². The minimum atomic E-state index is -0.0490. The lowest BCUT2D eigenvalue weighted by atomic mass is 10.1. The first kappa shape index (κ1) is 18.5. The number of piperidine rings is 1. The van der Waals surface area contributed by atoms with Crippen molar-refractivity contribution in [2.75, 3.05) is 13.1 Å². The molecule has 1 N–H and O–H groups in total. The van der Waals surface area contributed by atoms with Gasteiger partial charge in [-0.15, -0.1) is 0 Å². The van der Waals surface area contributed by atoms with Crippen molar-refractivity contribution in [1.82, 2.24) is 20.2 Å². The van der Waals surface area contributed by atoms with E-state index in [0.717, 1.165) is 24.1 Å². The van der Waals surface area contributed by atoms with Gasteiger partial charge in [0.1, 0.15) is 11.9 Å². The number of urea groups is 1. The standard InChI is InChI=1S/C19H23ClN4O2/c1-13-11-18(23-14(2)22-13)26-17-7-9-24(10-8-17)19(25)21-12-15-3-5-16(20)6-4-15/h3-6,11,17H,7-10,12H2,1-2H3,(H,21,25). The summed E-state index contributed by atoms with van der Waals surface area (Å²) < 4.78 is 5.96. The second-order valence-electron chi connectivity index (χ2n) is 6.48. The number of halogens is 1. The minimum absolute atomic E-state index is 0.0490. The van der Waals surface area contributed by atoms with Crippen molar-refractivity contribution in [3.05, 3.63) is 52.4 Å². The zero-order valence-electron chi connectivity index (χ0n) is 15.0. The summed E-state index contributed by atoms with van der Waals surface area (Å²) in [6.07, 6.45) is 1.65. The van der Waals surface area contributed by atoms with Crippen molar-refractivity contribution in [3.8, 4) is 5.88 Å². The maximum absolute atomic E-state index is 12.3. The predicted octanol–water partition coefficient (Wildman–Crippen LogP) is 3.50. The Morgan fingerprint density at radius 3 is 2.58 bits per heavy atom. The summed E-state index contributed by atoms with van der Waals surface area (Å²) in [7, 11) is 0. The smallest absolute Gasteiger partial charge is 0.317 e. The number of ether oxygens (including phenoxy) is 1. The van der Waals surface area contributed by atoms with Gasteiger partial charge in [-0.2, -0.15) is 4.98 Å². The third-order valence-corrected chi connectivity index (χ3v) is 4.57. The lowest BCUT2D eigenvalue weighted by Gasteiger charge is -2.32. The van der Waals surface area contributed by atoms with Gasteiger partial charge in [-0.3, -0.25) is 0 Å². The molecule has 3 rings (SSSR count). The highest BCUT2D eigenvalue weighted by Crippen LogP contribution is 2.18. The third kappa shape index (κ3) is 5.08. The number of aryl methyl sites for hydroxylation is 2. The Kier molecular flexibility index (Phi) is 5.93. The lowest BCUT2D eigenvalue weighted by molar-refractivity contribution is 0.107. The van der Waals surface area contributed by atoms with Crippen LogP contribution in [-0.4, -0.2) is 40.1 Å². The molecule has 0 spiro atoms. The van der Waals surface area contributed by atoms with Crippen LogP contribution in [-0.2, 0) is 6.54 Å². The van der Waals surface area contributed by atoms with Crippen LogP contribution >= 0.6 is 11.6 Å². The largest absolute Gasteiger partial charge is 0.474 e. The Morgan fingerprint density at radius 1 is 1.23 bits per heavy atom. The molecule has 2 amide bonds. The fourth-order valence-electron chi connectivity index (χ4n) is 2.98. The summed E-state index contributed by atoms with van der Waals surface area (Å²) in [5.41, 5.74) is 1.92. The maximum atomic E-state index is 12.3. The highest BCUT2D eigenvalue weighted by Gasteiger charge is 2.24. The van der Waals surface area contributed by atoms with E-state index < -0.39 is 0 Å². The first-order valence-electron chi connectivity index (χ1n) is 8.76. The Bertz CT molecular complexity index is 738. The van der Waals surface area contributed by atoms with Gasteiger partial charge < -0.3 is 15.0 Å². The fourth-order valence-corrected chi connectivity index (χ4v) is 3.11. The van der Waals surface area contributed by atoms with E-state index >= 15 is 0 Å². The van der Waals surface area contributed by atoms with E-state index in [9.17, 15) is 4.79 Å². The van der Waals surface area contributed by atoms with E-state index in [1.165, 1.54) is 0 Å². The molecule has 138 valence electrons. The molecule has 1 aliphatic heterocycles. The molecule has 0 atom stereocenters. The van der Waals surface area contributed by atoms with E-state index in [1.807, 2.05) is 49.1 Å². The van der Waals surface area contributed by atoms with Crippen LogP contribution in [0.2, 0.25) is 5.02 Å². The fraction of sp³-hybridized carbons (Fsp3) is 0.421. The molecule has 0 aliphatic carbocycles. The molecule has 0 bridgehead atoms. The number of rotatable bonds is 4. The van der Waals surface area contributed by atoms with Crippen LogP contribution in [0.5, 0.6) is 5.88 Å². The van der Waals surface area contributed by atoms with Crippen LogP contribution < -0.4 is 10.1 Å². The van der Waals surface area contributed by atoms with Gasteiger partial charge >= 0.3 is 6.03 Å². The Balaban J connectivity index is 1.45. The van der Waals surface area contributed by atoms with Gasteiger partial charge in [0.15, 0.2) is 0 Å². The van der Waals surface area contributed by atoms with E-state index in [1.54, 1.807) is 0 Å². The Morgan fingerprint density at radius 2 is 1.92 bits per heavy atom. The van der Waals surface area contributed by atoms with Gasteiger partial charge in [-0.25, -0.2) is 9.78 Å². The molecular formula is C19H23ClN4O2. The SMILES string of the molecule is Cc1cc(OC2CCN(C(=O)NCc3ccc(Cl)cc3)CC2)nc(C)n1. The summed E-state index contributed by atoms with van der Waals surface area (Å²) in [6, 6.07) is 9.26. The van der Waals surface area contributed by atoms with Gasteiger partial charge in [0.2, 0.25) is 5.88 Å². The molecule has 0 radical (unpaired) electrons. The Labute approximate surface area is 158 Å². The number of nitrogens with one attached hydrogen (secondary N) is 1. The number of carbonyl (C=O) groups excluding carboxylic acids is 1. The lowest BCUT2D eigenvalue weighted by Crippen LogP contribution is -2.46. The molecule has 26 heavy (non-hydrogen) atoms. The van der Waals surface area contributed by atoms with E-state index in [0.29, 0.717) is 36.4 Å². The van der Waals surface area contributed by atoms with Crippen molar-refractivity contribution < 1.29 is 9.53 Å². The van der Waals surface area contributed by atoms with E-state index in [4.69, 9.17) is 16.3 Å². The summed E-state index contributed by atoms with van der Waals surface area (Å²) in [5, 5.41) is 3.64. The number of hydrogen-bond acceptors (Lipinski definition) is 4. The molecule has 0 saturated carbocycles. The predicted molar refractivity (Wildman–Crippen MR) is 100 cm³/mol. The summed E-state index contributed by atoms with van der Waals surface area (Å²) in [5.74, 6) is 1.32. The van der Waals surface area contributed by atoms with Crippen LogP contribution in [0, 0.1) is 13.8 Å². The monoisotopic (exact) mass is 374 g/mol. The van der Waals surface area contributed by atoms with Crippen molar-refractivity contribution >= 4 is 17.6 Å². The first-order chi connectivity index (χ1) is 12.5. The van der Waals surface area contributed by atoms with Crippen LogP contribution in [0.25, 0.3) is 0 Å². The molecule has 1 saturated heterocycles. The molecule has 1 aromatic carbocycles. The molecule has 2 heterocycles. The molecule has 7 heteroatoms. The quantitative estimate of drug-likeness (QED) is 0.889. The normalized spacial score (nSPS) is 15.0. The summed E-state index contributed by atoms with van der Waals surface area (Å²) in [6.45, 7) is 5.61. The summed E-state index contributed by atoms with van der Waals surface area (Å²) >= 11 is 5.87. The van der Waals surface area contributed by atoms with Crippen LogP contribution in [0.1, 0.15) is 29.9 Å². The molecular weight excluding hydrogens is 352 g/mol. The van der Waals surface area contributed by atoms with Gasteiger partial charge in [0.25, 0.3) is 0 Å². The maximum Gasteiger partial charge on any atom is 0.317 e. The number of hydrogen-bond donors (Lipinski definition) is 1. The van der Waals surface area contributed by atoms with Crippen molar-refractivity contribution in [1.29, 1.82) is 0 Å². The molecule has 1 fully saturated rings. The average molecular weight is 375 g/mol. The number of amides is 2. The highest BCUT2D eigenvalue weighted by molar-refractivity contribution is 6.30. The van der Waals surface area contributed by atoms with Crippen molar-refractivity contribution in [3.63, 3.8) is 0 Å². The molecule has 1 aliphatic rings. The molecule has 0 unspecified atom stereocenters. The van der Waals surface area contributed by atoms with Crippen LogP contribution in [0.15, 0.2) is 30.3 Å². The van der Waals surface area contributed by atoms with Gasteiger partial charge in [-0.1, -0.05) is 23.7 Å². The number of nitrogens with zero attached hydrogens (tertiary/aromatic N) is 3. The van der Waals surface area contributed by atoms with Gasteiger partial charge in [0.05, 0.1) is 0 Å². The van der Waals surface area contributed by atoms with E-state index in [-0.39, 0.29) is 12.1 Å². The number of carbonyl (C=O) groups is 1. The average Bonchev–Trinajstić information content (AvgIpc) is 2.61. The number of likely N-dealkylation sites (tertiary alicyclic amines) is 1. The van der Waals surface area contributed by atoms with Gasteiger partial charge in [0, 0.05) is 49.3 Å². The van der Waals surface area contributed by atoms with Crippen molar-refractivity contribution in [2.45, 2.75) is 39.3 Å². The second-order valence-corrected chi connectivity index (χ2v) is 6.92. The zero-order chi connectivity index (χ0) is 18.5. The summed E-state index contributed by atoms with van der Waals surface area (Å²) in [4.78, 5) is 22.7. The highest BCUT2D eigenvalue weighted by atomic mass is 35.5.